The molecule has 0 aliphatic rings. The van der Waals surface area contributed by atoms with E-state index in [1.54, 1.807) is 36.4 Å². The molecular formula is C22H22N4O2. The minimum absolute atomic E-state index is 0.368. The zero-order chi connectivity index (χ0) is 20.3. The summed E-state index contributed by atoms with van der Waals surface area (Å²) in [5.41, 5.74) is 28.0. The van der Waals surface area contributed by atoms with Crippen LogP contribution in [0.1, 0.15) is 43.0 Å². The van der Waals surface area contributed by atoms with Crippen LogP contribution in [-0.4, -0.2) is 11.8 Å². The van der Waals surface area contributed by atoms with E-state index in [2.05, 4.69) is 0 Å². The van der Waals surface area contributed by atoms with Gasteiger partial charge in [-0.1, -0.05) is 24.3 Å². The Morgan fingerprint density at radius 3 is 1.18 bits per heavy atom. The van der Waals surface area contributed by atoms with Gasteiger partial charge in [-0.2, -0.15) is 0 Å². The summed E-state index contributed by atoms with van der Waals surface area (Å²) >= 11 is 0. The topological polar surface area (TPSA) is 138 Å². The van der Waals surface area contributed by atoms with Gasteiger partial charge in [0.1, 0.15) is 0 Å². The lowest BCUT2D eigenvalue weighted by atomic mass is 9.87. The Hall–Kier alpha value is -3.80. The van der Waals surface area contributed by atoms with E-state index < -0.39 is 11.8 Å². The molecule has 6 nitrogen and oxygen atoms in total. The molecule has 3 aromatic rings. The molecule has 0 saturated heterocycles. The molecule has 142 valence electrons. The lowest BCUT2D eigenvalue weighted by molar-refractivity contribution is 0.0987. The Morgan fingerprint density at radius 2 is 0.893 bits per heavy atom. The van der Waals surface area contributed by atoms with E-state index >= 15 is 0 Å². The van der Waals surface area contributed by atoms with Crippen LogP contribution in [0, 0.1) is 0 Å². The van der Waals surface area contributed by atoms with E-state index in [-0.39, 0.29) is 0 Å². The second kappa shape index (κ2) is 7.84. The number of amides is 2. The van der Waals surface area contributed by atoms with Crippen LogP contribution in [0.15, 0.2) is 60.7 Å². The number of nitrogen functional groups attached to an aromatic ring is 2. The zero-order valence-corrected chi connectivity index (χ0v) is 15.3. The van der Waals surface area contributed by atoms with E-state index in [4.69, 9.17) is 22.9 Å². The number of primary amides is 2. The highest BCUT2D eigenvalue weighted by Crippen LogP contribution is 2.26. The number of benzene rings is 3. The van der Waals surface area contributed by atoms with Gasteiger partial charge in [-0.3, -0.25) is 9.59 Å². The van der Waals surface area contributed by atoms with Crippen molar-refractivity contribution >= 4 is 23.2 Å². The molecule has 3 rings (SSSR count). The number of carbonyl (C=O) groups is 2. The molecule has 28 heavy (non-hydrogen) atoms. The molecule has 0 fully saturated rings. The molecule has 0 radical (unpaired) electrons. The molecule has 3 aromatic carbocycles. The first-order valence-electron chi connectivity index (χ1n) is 8.78. The van der Waals surface area contributed by atoms with Gasteiger partial charge in [0.15, 0.2) is 0 Å². The molecule has 8 N–H and O–H groups in total. The Bertz CT molecular complexity index is 941. The van der Waals surface area contributed by atoms with Crippen molar-refractivity contribution in [3.05, 3.63) is 94.0 Å². The van der Waals surface area contributed by atoms with Crippen LogP contribution in [0.3, 0.4) is 0 Å². The number of hydrogen-bond donors (Lipinski definition) is 4. The van der Waals surface area contributed by atoms with E-state index in [9.17, 15) is 9.59 Å². The summed E-state index contributed by atoms with van der Waals surface area (Å²) in [6, 6.07) is 17.8. The quantitative estimate of drug-likeness (QED) is 0.491. The van der Waals surface area contributed by atoms with Gasteiger partial charge in [-0.25, -0.2) is 0 Å². The van der Waals surface area contributed by atoms with Gasteiger partial charge in [0.05, 0.1) is 0 Å². The molecule has 0 atom stereocenters. The average Bonchev–Trinajstić information content (AvgIpc) is 2.66. The number of anilines is 2. The molecule has 0 saturated carbocycles. The SMILES string of the molecule is NC(=O)c1ccc(C(N)=O)c(Cc2ccc(N)cc2)c1Cc1ccc(N)cc1. The van der Waals surface area contributed by atoms with Crippen molar-refractivity contribution in [2.24, 2.45) is 11.5 Å². The second-order valence-corrected chi connectivity index (χ2v) is 6.68. The summed E-state index contributed by atoms with van der Waals surface area (Å²) in [7, 11) is 0. The molecule has 0 spiro atoms. The molecule has 0 aromatic heterocycles. The minimum Gasteiger partial charge on any atom is -0.399 e. The lowest BCUT2D eigenvalue weighted by Gasteiger charge is -2.17. The fourth-order valence-corrected chi connectivity index (χ4v) is 3.24. The van der Waals surface area contributed by atoms with Crippen LogP contribution in [0.25, 0.3) is 0 Å². The van der Waals surface area contributed by atoms with Gasteiger partial charge in [0.25, 0.3) is 0 Å². The van der Waals surface area contributed by atoms with Crippen molar-refractivity contribution in [2.45, 2.75) is 12.8 Å². The highest BCUT2D eigenvalue weighted by atomic mass is 16.1. The molecule has 0 aliphatic heterocycles. The molecule has 0 unspecified atom stereocenters. The van der Waals surface area contributed by atoms with E-state index in [1.807, 2.05) is 24.3 Å². The predicted molar refractivity (Wildman–Crippen MR) is 111 cm³/mol. The maximum atomic E-state index is 12.1. The monoisotopic (exact) mass is 374 g/mol. The number of hydrogen-bond acceptors (Lipinski definition) is 4. The fraction of sp³-hybridized carbons (Fsp3) is 0.0909. The van der Waals surface area contributed by atoms with Gasteiger partial charge in [0.2, 0.25) is 11.8 Å². The number of carbonyl (C=O) groups excluding carboxylic acids is 2. The first-order chi connectivity index (χ1) is 13.3. The van der Waals surface area contributed by atoms with Crippen LogP contribution >= 0.6 is 0 Å². The second-order valence-electron chi connectivity index (χ2n) is 6.68. The predicted octanol–water partition coefficient (Wildman–Crippen LogP) is 2.23. The van der Waals surface area contributed by atoms with Crippen molar-refractivity contribution in [2.75, 3.05) is 11.5 Å². The van der Waals surface area contributed by atoms with Crippen LogP contribution in [0.2, 0.25) is 0 Å². The van der Waals surface area contributed by atoms with Crippen LogP contribution in [-0.2, 0) is 12.8 Å². The smallest absolute Gasteiger partial charge is 0.248 e. The van der Waals surface area contributed by atoms with E-state index in [1.165, 1.54) is 0 Å². The summed E-state index contributed by atoms with van der Waals surface area (Å²) in [5.74, 6) is -1.11. The van der Waals surface area contributed by atoms with Crippen molar-refractivity contribution in [3.8, 4) is 0 Å². The van der Waals surface area contributed by atoms with Crippen molar-refractivity contribution < 1.29 is 9.59 Å². The highest BCUT2D eigenvalue weighted by Gasteiger charge is 2.20. The van der Waals surface area contributed by atoms with Gasteiger partial charge in [0, 0.05) is 22.5 Å². The Labute approximate surface area is 163 Å². The van der Waals surface area contributed by atoms with Crippen LogP contribution in [0.4, 0.5) is 11.4 Å². The van der Waals surface area contributed by atoms with Crippen molar-refractivity contribution in [1.82, 2.24) is 0 Å². The highest BCUT2D eigenvalue weighted by molar-refractivity contribution is 5.99. The number of nitrogens with two attached hydrogens (primary N) is 4. The minimum atomic E-state index is -0.556. The molecule has 0 aliphatic carbocycles. The van der Waals surface area contributed by atoms with Crippen molar-refractivity contribution in [1.29, 1.82) is 0 Å². The third kappa shape index (κ3) is 4.12. The first kappa shape index (κ1) is 19.0. The largest absolute Gasteiger partial charge is 0.399 e. The van der Waals surface area contributed by atoms with Gasteiger partial charge in [-0.05, 0) is 71.5 Å². The maximum absolute atomic E-state index is 12.1. The standard InChI is InChI=1S/C22H22N4O2/c23-15-5-1-13(2-6-15)11-19-17(21(25)27)9-10-18(22(26)28)20(19)12-14-3-7-16(24)8-4-14/h1-10H,11-12,23-24H2,(H2,25,27)(H2,26,28). The van der Waals surface area contributed by atoms with Gasteiger partial charge < -0.3 is 22.9 Å². The molecule has 6 heteroatoms. The summed E-state index contributed by atoms with van der Waals surface area (Å²) in [4.78, 5) is 24.1. The molecular weight excluding hydrogens is 352 g/mol. The molecule has 0 heterocycles. The molecule has 0 bridgehead atoms. The normalized spacial score (nSPS) is 10.6. The summed E-state index contributed by atoms with van der Waals surface area (Å²) in [6.07, 6.45) is 0.841. The third-order valence-corrected chi connectivity index (χ3v) is 4.68. The fourth-order valence-electron chi connectivity index (χ4n) is 3.24. The maximum Gasteiger partial charge on any atom is 0.248 e. The van der Waals surface area contributed by atoms with Crippen molar-refractivity contribution in [3.63, 3.8) is 0 Å². The van der Waals surface area contributed by atoms with Crippen LogP contribution < -0.4 is 22.9 Å². The van der Waals surface area contributed by atoms with Gasteiger partial charge >= 0.3 is 0 Å². The molecule has 2 amide bonds. The Kier molecular flexibility index (Phi) is 5.31. The lowest BCUT2D eigenvalue weighted by Crippen LogP contribution is -2.20. The van der Waals surface area contributed by atoms with Crippen LogP contribution in [0.5, 0.6) is 0 Å². The van der Waals surface area contributed by atoms with Gasteiger partial charge in [-0.15, -0.1) is 0 Å². The summed E-state index contributed by atoms with van der Waals surface area (Å²) in [5, 5.41) is 0. The van der Waals surface area contributed by atoms with E-state index in [0.717, 1.165) is 11.1 Å². The zero-order valence-electron chi connectivity index (χ0n) is 15.3. The summed E-state index contributed by atoms with van der Waals surface area (Å²) < 4.78 is 0. The number of rotatable bonds is 6. The summed E-state index contributed by atoms with van der Waals surface area (Å²) in [6.45, 7) is 0. The van der Waals surface area contributed by atoms with E-state index in [0.29, 0.717) is 46.5 Å². The average molecular weight is 374 g/mol. The third-order valence-electron chi connectivity index (χ3n) is 4.68. The Balaban J connectivity index is 2.15. The Morgan fingerprint density at radius 1 is 0.571 bits per heavy atom. The first-order valence-corrected chi connectivity index (χ1v) is 8.78.